The van der Waals surface area contributed by atoms with E-state index in [2.05, 4.69) is 21.2 Å². The van der Waals surface area contributed by atoms with Crippen molar-refractivity contribution in [2.24, 2.45) is 0 Å². The summed E-state index contributed by atoms with van der Waals surface area (Å²) in [6, 6.07) is 5.32. The Labute approximate surface area is 103 Å². The Morgan fingerprint density at radius 3 is 2.62 bits per heavy atom. The molecule has 1 atom stereocenters. The van der Waals surface area contributed by atoms with Crippen molar-refractivity contribution in [2.75, 3.05) is 19.5 Å². The van der Waals surface area contributed by atoms with Gasteiger partial charge in [-0.1, -0.05) is 0 Å². The van der Waals surface area contributed by atoms with E-state index in [1.807, 2.05) is 0 Å². The molecule has 0 aliphatic rings. The molecule has 1 aromatic carbocycles. The number of hydrogen-bond acceptors (Lipinski definition) is 3. The number of carbonyl (C=O) groups excluding carboxylic acids is 1. The summed E-state index contributed by atoms with van der Waals surface area (Å²) < 4.78 is 10.8. The first-order chi connectivity index (χ1) is 7.58. The van der Waals surface area contributed by atoms with E-state index in [1.165, 1.54) is 7.11 Å². The fourth-order valence-corrected chi connectivity index (χ4v) is 1.64. The highest BCUT2D eigenvalue weighted by Gasteiger charge is 2.12. The van der Waals surface area contributed by atoms with Crippen molar-refractivity contribution < 1.29 is 14.3 Å². The van der Waals surface area contributed by atoms with Gasteiger partial charge in [-0.25, -0.2) is 0 Å². The fourth-order valence-electron chi connectivity index (χ4n) is 1.10. The molecule has 4 nitrogen and oxygen atoms in total. The first-order valence-electron chi connectivity index (χ1n) is 4.75. The summed E-state index contributed by atoms with van der Waals surface area (Å²) in [7, 11) is 3.08. The number of ether oxygens (including phenoxy) is 2. The Balaban J connectivity index is 2.75. The van der Waals surface area contributed by atoms with Crippen LogP contribution in [0.25, 0.3) is 0 Å². The van der Waals surface area contributed by atoms with E-state index in [-0.39, 0.29) is 5.91 Å². The molecule has 5 heteroatoms. The van der Waals surface area contributed by atoms with Gasteiger partial charge in [0, 0.05) is 12.8 Å². The maximum absolute atomic E-state index is 11.5. The number of amides is 1. The largest absolute Gasteiger partial charge is 0.496 e. The van der Waals surface area contributed by atoms with Crippen molar-refractivity contribution in [2.45, 2.75) is 13.0 Å². The zero-order chi connectivity index (χ0) is 12.1. The van der Waals surface area contributed by atoms with Crippen LogP contribution >= 0.6 is 15.9 Å². The highest BCUT2D eigenvalue weighted by molar-refractivity contribution is 9.10. The molecule has 1 aromatic rings. The summed E-state index contributed by atoms with van der Waals surface area (Å²) >= 11 is 3.34. The van der Waals surface area contributed by atoms with Crippen LogP contribution in [-0.2, 0) is 9.53 Å². The summed E-state index contributed by atoms with van der Waals surface area (Å²) in [6.07, 6.45) is -0.471. The van der Waals surface area contributed by atoms with Crippen LogP contribution in [0.15, 0.2) is 22.7 Å². The molecular formula is C11H14BrNO3. The van der Waals surface area contributed by atoms with Gasteiger partial charge in [0.05, 0.1) is 11.6 Å². The molecule has 0 heterocycles. The Morgan fingerprint density at radius 2 is 2.12 bits per heavy atom. The second kappa shape index (κ2) is 5.86. The third-order valence-electron chi connectivity index (χ3n) is 2.14. The van der Waals surface area contributed by atoms with E-state index in [1.54, 1.807) is 32.2 Å². The predicted molar refractivity (Wildman–Crippen MR) is 65.8 cm³/mol. The minimum Gasteiger partial charge on any atom is -0.496 e. The maximum Gasteiger partial charge on any atom is 0.253 e. The number of nitrogens with one attached hydrogen (secondary N) is 1. The lowest BCUT2D eigenvalue weighted by molar-refractivity contribution is -0.124. The minimum absolute atomic E-state index is 0.181. The molecule has 0 saturated heterocycles. The van der Waals surface area contributed by atoms with E-state index in [0.717, 1.165) is 10.2 Å². The summed E-state index contributed by atoms with van der Waals surface area (Å²) in [6.45, 7) is 1.69. The molecule has 1 unspecified atom stereocenters. The summed E-state index contributed by atoms with van der Waals surface area (Å²) in [5.74, 6) is 0.539. The van der Waals surface area contributed by atoms with E-state index < -0.39 is 6.10 Å². The van der Waals surface area contributed by atoms with Crippen molar-refractivity contribution in [3.8, 4) is 5.75 Å². The molecule has 0 bridgehead atoms. The zero-order valence-corrected chi connectivity index (χ0v) is 11.0. The molecular weight excluding hydrogens is 274 g/mol. The quantitative estimate of drug-likeness (QED) is 0.925. The highest BCUT2D eigenvalue weighted by Crippen LogP contribution is 2.27. The number of anilines is 1. The molecule has 0 spiro atoms. The number of carbonyl (C=O) groups is 1. The van der Waals surface area contributed by atoms with Crippen molar-refractivity contribution in [1.29, 1.82) is 0 Å². The summed E-state index contributed by atoms with van der Waals surface area (Å²) in [5.41, 5.74) is 0.696. The van der Waals surface area contributed by atoms with Gasteiger partial charge in [-0.05, 0) is 41.1 Å². The van der Waals surface area contributed by atoms with Crippen molar-refractivity contribution in [3.63, 3.8) is 0 Å². The molecule has 1 rings (SSSR count). The lowest BCUT2D eigenvalue weighted by Gasteiger charge is -2.11. The van der Waals surface area contributed by atoms with Gasteiger partial charge in [-0.2, -0.15) is 0 Å². The van der Waals surface area contributed by atoms with Gasteiger partial charge in [-0.15, -0.1) is 0 Å². The molecule has 0 saturated carbocycles. The molecule has 1 amide bonds. The van der Waals surface area contributed by atoms with Crippen molar-refractivity contribution in [3.05, 3.63) is 22.7 Å². The van der Waals surface area contributed by atoms with Gasteiger partial charge in [0.25, 0.3) is 5.91 Å². The molecule has 88 valence electrons. The SMILES string of the molecule is COc1ccc(NC(=O)C(C)OC)cc1Br. The van der Waals surface area contributed by atoms with E-state index in [9.17, 15) is 4.79 Å². The molecule has 0 aliphatic carbocycles. The zero-order valence-electron chi connectivity index (χ0n) is 9.41. The van der Waals surface area contributed by atoms with E-state index >= 15 is 0 Å². The van der Waals surface area contributed by atoms with Crippen molar-refractivity contribution >= 4 is 27.5 Å². The van der Waals surface area contributed by atoms with Crippen LogP contribution in [0.4, 0.5) is 5.69 Å². The number of methoxy groups -OCH3 is 2. The fraction of sp³-hybridized carbons (Fsp3) is 0.364. The Morgan fingerprint density at radius 1 is 1.44 bits per heavy atom. The smallest absolute Gasteiger partial charge is 0.253 e. The average Bonchev–Trinajstić information content (AvgIpc) is 2.28. The maximum atomic E-state index is 11.5. The number of benzene rings is 1. The van der Waals surface area contributed by atoms with Crippen LogP contribution in [0.1, 0.15) is 6.92 Å². The number of rotatable bonds is 4. The summed E-state index contributed by atoms with van der Waals surface area (Å²) in [4.78, 5) is 11.5. The molecule has 1 N–H and O–H groups in total. The normalized spacial score (nSPS) is 12.0. The van der Waals surface area contributed by atoms with Crippen LogP contribution in [0.2, 0.25) is 0 Å². The first-order valence-corrected chi connectivity index (χ1v) is 5.55. The minimum atomic E-state index is -0.471. The molecule has 0 radical (unpaired) electrons. The molecule has 0 aliphatic heterocycles. The predicted octanol–water partition coefficient (Wildman–Crippen LogP) is 2.43. The first kappa shape index (κ1) is 13.0. The Bertz CT molecular complexity index is 381. The van der Waals surface area contributed by atoms with Gasteiger partial charge >= 0.3 is 0 Å². The second-order valence-electron chi connectivity index (χ2n) is 3.22. The Kier molecular flexibility index (Phi) is 4.76. The summed E-state index contributed by atoms with van der Waals surface area (Å²) in [5, 5.41) is 2.74. The number of halogens is 1. The van der Waals surface area contributed by atoms with Gasteiger partial charge in [0.2, 0.25) is 0 Å². The monoisotopic (exact) mass is 287 g/mol. The van der Waals surface area contributed by atoms with Crippen LogP contribution in [0.5, 0.6) is 5.75 Å². The third kappa shape index (κ3) is 3.21. The highest BCUT2D eigenvalue weighted by atomic mass is 79.9. The third-order valence-corrected chi connectivity index (χ3v) is 2.76. The standard InChI is InChI=1S/C11H14BrNO3/c1-7(15-2)11(14)13-8-4-5-10(16-3)9(12)6-8/h4-7H,1-3H3,(H,13,14). The van der Waals surface area contributed by atoms with Gasteiger partial charge in [-0.3, -0.25) is 4.79 Å². The Hall–Kier alpha value is -1.07. The molecule has 0 aromatic heterocycles. The van der Waals surface area contributed by atoms with Crippen LogP contribution in [-0.4, -0.2) is 26.2 Å². The lowest BCUT2D eigenvalue weighted by Crippen LogP contribution is -2.26. The molecule has 16 heavy (non-hydrogen) atoms. The van der Waals surface area contributed by atoms with Crippen LogP contribution < -0.4 is 10.1 Å². The molecule has 0 fully saturated rings. The van der Waals surface area contributed by atoms with Gasteiger partial charge in [0.1, 0.15) is 11.9 Å². The second-order valence-corrected chi connectivity index (χ2v) is 4.07. The van der Waals surface area contributed by atoms with Crippen LogP contribution in [0, 0.1) is 0 Å². The average molecular weight is 288 g/mol. The number of hydrogen-bond donors (Lipinski definition) is 1. The van der Waals surface area contributed by atoms with E-state index in [0.29, 0.717) is 5.69 Å². The van der Waals surface area contributed by atoms with Gasteiger partial charge < -0.3 is 14.8 Å². The lowest BCUT2D eigenvalue weighted by atomic mass is 10.3. The van der Waals surface area contributed by atoms with Gasteiger partial charge in [0.15, 0.2) is 0 Å². The van der Waals surface area contributed by atoms with Crippen LogP contribution in [0.3, 0.4) is 0 Å². The van der Waals surface area contributed by atoms with Crippen molar-refractivity contribution in [1.82, 2.24) is 0 Å². The van der Waals surface area contributed by atoms with E-state index in [4.69, 9.17) is 9.47 Å². The topological polar surface area (TPSA) is 47.6 Å².